The van der Waals surface area contributed by atoms with Gasteiger partial charge in [0.05, 0.1) is 24.7 Å². The molecule has 2 atom stereocenters. The van der Waals surface area contributed by atoms with Crippen LogP contribution < -0.4 is 5.73 Å². The summed E-state index contributed by atoms with van der Waals surface area (Å²) >= 11 is 0. The van der Waals surface area contributed by atoms with Crippen LogP contribution in [0.3, 0.4) is 0 Å². The molecule has 1 heterocycles. The molecule has 0 saturated heterocycles. The number of methoxy groups -OCH3 is 1. The predicted molar refractivity (Wildman–Crippen MR) is 64.1 cm³/mol. The molecule has 92 valence electrons. The number of aromatic nitrogens is 2. The zero-order valence-electron chi connectivity index (χ0n) is 10.6. The molecule has 0 saturated carbocycles. The standard InChI is InChI=1S/C11H22N4O/c1-9(7-16-4)15(3)10(5-12)11-6-13-8-14(11)2/h6,8-10H,5,7,12H2,1-4H3. The summed E-state index contributed by atoms with van der Waals surface area (Å²) in [6, 6.07) is 0.506. The van der Waals surface area contributed by atoms with E-state index in [1.54, 1.807) is 13.4 Å². The quantitative estimate of drug-likeness (QED) is 0.762. The van der Waals surface area contributed by atoms with Crippen LogP contribution in [0.1, 0.15) is 18.7 Å². The van der Waals surface area contributed by atoms with Gasteiger partial charge in [-0.1, -0.05) is 0 Å². The maximum atomic E-state index is 5.84. The lowest BCUT2D eigenvalue weighted by Crippen LogP contribution is -2.40. The van der Waals surface area contributed by atoms with Crippen molar-refractivity contribution in [1.29, 1.82) is 0 Å². The van der Waals surface area contributed by atoms with Gasteiger partial charge in [0.1, 0.15) is 0 Å². The first-order valence-electron chi connectivity index (χ1n) is 5.49. The van der Waals surface area contributed by atoms with Crippen LogP contribution in [0.4, 0.5) is 0 Å². The molecule has 2 N–H and O–H groups in total. The van der Waals surface area contributed by atoms with Gasteiger partial charge in [-0.15, -0.1) is 0 Å². The number of ether oxygens (including phenoxy) is 1. The Morgan fingerprint density at radius 2 is 2.31 bits per heavy atom. The van der Waals surface area contributed by atoms with E-state index in [1.807, 2.05) is 17.8 Å². The lowest BCUT2D eigenvalue weighted by molar-refractivity contribution is 0.0890. The van der Waals surface area contributed by atoms with E-state index in [2.05, 4.69) is 23.9 Å². The average molecular weight is 226 g/mol. The first-order chi connectivity index (χ1) is 7.61. The van der Waals surface area contributed by atoms with Crippen molar-refractivity contribution in [3.05, 3.63) is 18.2 Å². The number of nitrogens with two attached hydrogens (primary N) is 1. The molecule has 0 bridgehead atoms. The number of aryl methyl sites for hydroxylation is 1. The summed E-state index contributed by atoms with van der Waals surface area (Å²) in [6.45, 7) is 3.40. The Morgan fingerprint density at radius 3 is 2.75 bits per heavy atom. The molecule has 5 nitrogen and oxygen atoms in total. The summed E-state index contributed by atoms with van der Waals surface area (Å²) in [5, 5.41) is 0. The van der Waals surface area contributed by atoms with Gasteiger partial charge in [0, 0.05) is 32.9 Å². The van der Waals surface area contributed by atoms with E-state index in [-0.39, 0.29) is 6.04 Å². The molecule has 0 amide bonds. The lowest BCUT2D eigenvalue weighted by atomic mass is 10.1. The molecule has 1 aromatic rings. The van der Waals surface area contributed by atoms with Crippen molar-refractivity contribution >= 4 is 0 Å². The van der Waals surface area contributed by atoms with Crippen LogP contribution in [0.5, 0.6) is 0 Å². The third kappa shape index (κ3) is 2.81. The molecule has 5 heteroatoms. The van der Waals surface area contributed by atoms with E-state index >= 15 is 0 Å². The zero-order valence-corrected chi connectivity index (χ0v) is 10.6. The second kappa shape index (κ2) is 5.98. The van der Waals surface area contributed by atoms with Gasteiger partial charge in [0.15, 0.2) is 0 Å². The second-order valence-corrected chi connectivity index (χ2v) is 4.15. The van der Waals surface area contributed by atoms with E-state index in [4.69, 9.17) is 10.5 Å². The van der Waals surface area contributed by atoms with E-state index in [9.17, 15) is 0 Å². The highest BCUT2D eigenvalue weighted by atomic mass is 16.5. The molecule has 0 aliphatic carbocycles. The smallest absolute Gasteiger partial charge is 0.0946 e. The van der Waals surface area contributed by atoms with Crippen LogP contribution in [-0.4, -0.2) is 47.8 Å². The van der Waals surface area contributed by atoms with Crippen LogP contribution in [0.2, 0.25) is 0 Å². The molecule has 1 aromatic heterocycles. The van der Waals surface area contributed by atoms with Crippen molar-refractivity contribution in [3.8, 4) is 0 Å². The third-order valence-corrected chi connectivity index (χ3v) is 3.01. The van der Waals surface area contributed by atoms with Crippen molar-refractivity contribution < 1.29 is 4.74 Å². The number of nitrogens with zero attached hydrogens (tertiary/aromatic N) is 3. The predicted octanol–water partition coefficient (Wildman–Crippen LogP) is 0.387. The lowest BCUT2D eigenvalue weighted by Gasteiger charge is -2.32. The SMILES string of the molecule is COCC(C)N(C)C(CN)c1cncn1C. The van der Waals surface area contributed by atoms with Gasteiger partial charge in [-0.25, -0.2) is 4.98 Å². The van der Waals surface area contributed by atoms with Gasteiger partial charge < -0.3 is 15.0 Å². The Labute approximate surface area is 97.2 Å². The van der Waals surface area contributed by atoms with Crippen molar-refractivity contribution in [3.63, 3.8) is 0 Å². The van der Waals surface area contributed by atoms with E-state index < -0.39 is 0 Å². The summed E-state index contributed by atoms with van der Waals surface area (Å²) < 4.78 is 7.17. The van der Waals surface area contributed by atoms with Crippen LogP contribution >= 0.6 is 0 Å². The number of hydrogen-bond acceptors (Lipinski definition) is 4. The van der Waals surface area contributed by atoms with Crippen molar-refractivity contribution in [1.82, 2.24) is 14.5 Å². The molecular formula is C11H22N4O. The molecule has 0 aliphatic heterocycles. The Balaban J connectivity index is 2.78. The second-order valence-electron chi connectivity index (χ2n) is 4.15. The maximum absolute atomic E-state index is 5.84. The monoisotopic (exact) mass is 226 g/mol. The van der Waals surface area contributed by atoms with Crippen molar-refractivity contribution in [2.45, 2.75) is 19.0 Å². The number of imidazole rings is 1. The van der Waals surface area contributed by atoms with E-state index in [1.165, 1.54) is 0 Å². The van der Waals surface area contributed by atoms with Crippen molar-refractivity contribution in [2.75, 3.05) is 27.3 Å². The van der Waals surface area contributed by atoms with Gasteiger partial charge in [0.25, 0.3) is 0 Å². The molecule has 0 aliphatic rings. The Morgan fingerprint density at radius 1 is 1.62 bits per heavy atom. The number of hydrogen-bond donors (Lipinski definition) is 1. The van der Waals surface area contributed by atoms with Gasteiger partial charge in [-0.05, 0) is 14.0 Å². The molecule has 0 aromatic carbocycles. The summed E-state index contributed by atoms with van der Waals surface area (Å²) in [4.78, 5) is 6.35. The summed E-state index contributed by atoms with van der Waals surface area (Å²) in [6.07, 6.45) is 3.67. The highest BCUT2D eigenvalue weighted by Gasteiger charge is 2.22. The number of rotatable bonds is 6. The Hall–Kier alpha value is -0.910. The van der Waals surface area contributed by atoms with Gasteiger partial charge in [0.2, 0.25) is 0 Å². The van der Waals surface area contributed by atoms with Gasteiger partial charge in [-0.2, -0.15) is 0 Å². The molecule has 0 spiro atoms. The largest absolute Gasteiger partial charge is 0.383 e. The summed E-state index contributed by atoms with van der Waals surface area (Å²) in [5.41, 5.74) is 6.98. The first kappa shape index (κ1) is 13.2. The third-order valence-electron chi connectivity index (χ3n) is 3.01. The fraction of sp³-hybridized carbons (Fsp3) is 0.727. The fourth-order valence-corrected chi connectivity index (χ4v) is 1.85. The minimum atomic E-state index is 0.178. The van der Waals surface area contributed by atoms with Gasteiger partial charge in [-0.3, -0.25) is 4.90 Å². The minimum Gasteiger partial charge on any atom is -0.383 e. The van der Waals surface area contributed by atoms with Crippen LogP contribution in [0.15, 0.2) is 12.5 Å². The van der Waals surface area contributed by atoms with Crippen molar-refractivity contribution in [2.24, 2.45) is 12.8 Å². The molecule has 2 unspecified atom stereocenters. The van der Waals surface area contributed by atoms with E-state index in [0.717, 1.165) is 5.69 Å². The minimum absolute atomic E-state index is 0.178. The highest BCUT2D eigenvalue weighted by Crippen LogP contribution is 2.19. The molecule has 16 heavy (non-hydrogen) atoms. The maximum Gasteiger partial charge on any atom is 0.0946 e. The van der Waals surface area contributed by atoms with Gasteiger partial charge >= 0.3 is 0 Å². The fourth-order valence-electron chi connectivity index (χ4n) is 1.85. The van der Waals surface area contributed by atoms with Crippen LogP contribution in [0, 0.1) is 0 Å². The number of likely N-dealkylation sites (N-methyl/N-ethyl adjacent to an activating group) is 1. The zero-order chi connectivity index (χ0) is 12.1. The van der Waals surface area contributed by atoms with Crippen LogP contribution in [0.25, 0.3) is 0 Å². The normalized spacial score (nSPS) is 15.4. The first-order valence-corrected chi connectivity index (χ1v) is 5.49. The molecule has 1 rings (SSSR count). The molecule has 0 fully saturated rings. The van der Waals surface area contributed by atoms with Crippen LogP contribution in [-0.2, 0) is 11.8 Å². The molecule has 0 radical (unpaired) electrons. The average Bonchev–Trinajstić information content (AvgIpc) is 2.66. The van der Waals surface area contributed by atoms with E-state index in [0.29, 0.717) is 19.2 Å². The molecular weight excluding hydrogens is 204 g/mol. The Bertz CT molecular complexity index is 313. The topological polar surface area (TPSA) is 56.3 Å². The highest BCUT2D eigenvalue weighted by molar-refractivity contribution is 5.06. The summed E-state index contributed by atoms with van der Waals surface area (Å²) in [7, 11) is 5.76. The Kier molecular flexibility index (Phi) is 4.92. The summed E-state index contributed by atoms with van der Waals surface area (Å²) in [5.74, 6) is 0.